The van der Waals surface area contributed by atoms with Crippen molar-refractivity contribution >= 4 is 17.5 Å². The second-order valence-corrected chi connectivity index (χ2v) is 4.56. The van der Waals surface area contributed by atoms with E-state index in [9.17, 15) is 9.18 Å². The lowest BCUT2D eigenvalue weighted by Gasteiger charge is -2.00. The van der Waals surface area contributed by atoms with Crippen molar-refractivity contribution in [2.75, 3.05) is 5.75 Å². The zero-order chi connectivity index (χ0) is 12.3. The first kappa shape index (κ1) is 11.9. The molecule has 17 heavy (non-hydrogen) atoms. The molecule has 88 valence electrons. The molecule has 0 N–H and O–H groups in total. The number of hydrogen-bond acceptors (Lipinski definition) is 3. The van der Waals surface area contributed by atoms with Gasteiger partial charge < -0.3 is 0 Å². The van der Waals surface area contributed by atoms with Crippen LogP contribution >= 0.6 is 11.8 Å². The van der Waals surface area contributed by atoms with Crippen molar-refractivity contribution in [1.29, 1.82) is 0 Å². The van der Waals surface area contributed by atoms with E-state index >= 15 is 0 Å². The first-order chi connectivity index (χ1) is 8.16. The predicted molar refractivity (Wildman–Crippen MR) is 64.7 cm³/mol. The lowest BCUT2D eigenvalue weighted by atomic mass is 10.3. The highest BCUT2D eigenvalue weighted by Crippen LogP contribution is 2.21. The van der Waals surface area contributed by atoms with Crippen LogP contribution in [0.15, 0.2) is 41.6 Å². The van der Waals surface area contributed by atoms with Gasteiger partial charge in [0.15, 0.2) is 5.78 Å². The number of aryl methyl sites for hydroxylation is 1. The van der Waals surface area contributed by atoms with Crippen molar-refractivity contribution in [2.24, 2.45) is 7.05 Å². The lowest BCUT2D eigenvalue weighted by molar-refractivity contribution is 0.102. The molecule has 1 aromatic carbocycles. The van der Waals surface area contributed by atoms with Gasteiger partial charge in [-0.15, -0.1) is 11.8 Å². The molecule has 3 nitrogen and oxygen atoms in total. The molecular formula is C12H11FN2OS. The summed E-state index contributed by atoms with van der Waals surface area (Å²) in [4.78, 5) is 12.2. The molecule has 0 bridgehead atoms. The molecule has 0 aliphatic carbocycles. The molecule has 0 aliphatic heterocycles. The SMILES string of the molecule is Cn1cc(C(=O)CSc2ccccc2F)cn1. The van der Waals surface area contributed by atoms with Crippen LogP contribution in [0.3, 0.4) is 0 Å². The smallest absolute Gasteiger partial charge is 0.176 e. The number of thioether (sulfide) groups is 1. The first-order valence-electron chi connectivity index (χ1n) is 5.06. The normalized spacial score (nSPS) is 10.5. The summed E-state index contributed by atoms with van der Waals surface area (Å²) in [6.07, 6.45) is 3.18. The molecule has 0 saturated heterocycles. The van der Waals surface area contributed by atoms with Gasteiger partial charge in [-0.25, -0.2) is 4.39 Å². The number of carbonyl (C=O) groups excluding carboxylic acids is 1. The lowest BCUT2D eigenvalue weighted by Crippen LogP contribution is -2.01. The van der Waals surface area contributed by atoms with E-state index in [0.29, 0.717) is 10.5 Å². The third kappa shape index (κ3) is 2.94. The molecule has 2 aromatic rings. The molecule has 2 rings (SSSR count). The van der Waals surface area contributed by atoms with Crippen LogP contribution in [0.2, 0.25) is 0 Å². The molecule has 1 aromatic heterocycles. The van der Waals surface area contributed by atoms with Gasteiger partial charge in [0.25, 0.3) is 0 Å². The van der Waals surface area contributed by atoms with Crippen molar-refractivity contribution in [2.45, 2.75) is 4.90 Å². The summed E-state index contributed by atoms with van der Waals surface area (Å²) in [5.74, 6) is -0.130. The van der Waals surface area contributed by atoms with E-state index in [-0.39, 0.29) is 17.4 Å². The summed E-state index contributed by atoms with van der Waals surface area (Å²) in [6, 6.07) is 6.43. The van der Waals surface area contributed by atoms with Gasteiger partial charge in [0, 0.05) is 18.1 Å². The number of rotatable bonds is 4. The number of ketones is 1. The Labute approximate surface area is 103 Å². The van der Waals surface area contributed by atoms with Crippen LogP contribution in [0.1, 0.15) is 10.4 Å². The van der Waals surface area contributed by atoms with Gasteiger partial charge in [0.05, 0.1) is 17.5 Å². The Morgan fingerprint density at radius 1 is 1.47 bits per heavy atom. The molecule has 0 radical (unpaired) electrons. The number of hydrogen-bond donors (Lipinski definition) is 0. The number of halogens is 1. The van der Waals surface area contributed by atoms with Crippen LogP contribution in [0.4, 0.5) is 4.39 Å². The molecular weight excluding hydrogens is 239 g/mol. The Morgan fingerprint density at radius 3 is 2.88 bits per heavy atom. The standard InChI is InChI=1S/C12H11FN2OS/c1-15-7-9(6-14-15)11(16)8-17-12-5-3-2-4-10(12)13/h2-7H,8H2,1H3. The summed E-state index contributed by atoms with van der Waals surface area (Å²) < 4.78 is 14.9. The molecule has 0 aliphatic rings. The topological polar surface area (TPSA) is 34.9 Å². The number of aromatic nitrogens is 2. The van der Waals surface area contributed by atoms with Crippen molar-refractivity contribution in [1.82, 2.24) is 9.78 Å². The van der Waals surface area contributed by atoms with Gasteiger partial charge >= 0.3 is 0 Å². The van der Waals surface area contributed by atoms with E-state index in [0.717, 1.165) is 0 Å². The van der Waals surface area contributed by atoms with Crippen LogP contribution in [-0.2, 0) is 7.05 Å². The van der Waals surface area contributed by atoms with Gasteiger partial charge in [0.1, 0.15) is 5.82 Å². The summed E-state index contributed by atoms with van der Waals surface area (Å²) in [5.41, 5.74) is 0.552. The maximum atomic E-state index is 13.3. The van der Waals surface area contributed by atoms with E-state index in [2.05, 4.69) is 5.10 Å². The van der Waals surface area contributed by atoms with Crippen LogP contribution in [-0.4, -0.2) is 21.3 Å². The molecule has 0 fully saturated rings. The molecule has 0 spiro atoms. The van der Waals surface area contributed by atoms with E-state index in [4.69, 9.17) is 0 Å². The Bertz CT molecular complexity index is 539. The highest BCUT2D eigenvalue weighted by Gasteiger charge is 2.10. The Balaban J connectivity index is 1.99. The molecule has 0 amide bonds. The minimum Gasteiger partial charge on any atom is -0.293 e. The maximum absolute atomic E-state index is 13.3. The third-order valence-corrected chi connectivity index (χ3v) is 3.27. The quantitative estimate of drug-likeness (QED) is 0.618. The first-order valence-corrected chi connectivity index (χ1v) is 6.04. The largest absolute Gasteiger partial charge is 0.293 e. The molecule has 5 heteroatoms. The highest BCUT2D eigenvalue weighted by molar-refractivity contribution is 8.00. The second-order valence-electron chi connectivity index (χ2n) is 3.54. The summed E-state index contributed by atoms with van der Waals surface area (Å²) in [6.45, 7) is 0. The van der Waals surface area contributed by atoms with Gasteiger partial charge in [-0.2, -0.15) is 5.10 Å². The molecule has 0 unspecified atom stereocenters. The zero-order valence-corrected chi connectivity index (χ0v) is 10.1. The average molecular weight is 250 g/mol. The molecule has 0 atom stereocenters. The highest BCUT2D eigenvalue weighted by atomic mass is 32.2. The molecule has 1 heterocycles. The van der Waals surface area contributed by atoms with Crippen LogP contribution in [0.25, 0.3) is 0 Å². The fourth-order valence-corrected chi connectivity index (χ4v) is 2.19. The Kier molecular flexibility index (Phi) is 3.58. The van der Waals surface area contributed by atoms with Crippen molar-refractivity contribution in [3.8, 4) is 0 Å². The Morgan fingerprint density at radius 2 is 2.24 bits per heavy atom. The number of nitrogens with zero attached hydrogens (tertiary/aromatic N) is 2. The minimum absolute atomic E-state index is 0.0497. The second kappa shape index (κ2) is 5.14. The molecule has 0 saturated carbocycles. The van der Waals surface area contributed by atoms with E-state index in [1.54, 1.807) is 36.1 Å². The summed E-state index contributed by atoms with van der Waals surface area (Å²) in [7, 11) is 1.75. The third-order valence-electron chi connectivity index (χ3n) is 2.22. The Hall–Kier alpha value is -1.62. The maximum Gasteiger partial charge on any atom is 0.176 e. The monoisotopic (exact) mass is 250 g/mol. The summed E-state index contributed by atoms with van der Waals surface area (Å²) in [5, 5.41) is 3.92. The number of carbonyl (C=O) groups is 1. The fraction of sp³-hybridized carbons (Fsp3) is 0.167. The summed E-state index contributed by atoms with van der Waals surface area (Å²) >= 11 is 1.20. The van der Waals surface area contributed by atoms with Crippen LogP contribution in [0.5, 0.6) is 0 Å². The van der Waals surface area contributed by atoms with Crippen LogP contribution in [0, 0.1) is 5.82 Å². The van der Waals surface area contributed by atoms with E-state index in [1.807, 2.05) is 0 Å². The fourth-order valence-electron chi connectivity index (χ4n) is 1.35. The van der Waals surface area contributed by atoms with E-state index < -0.39 is 0 Å². The number of Topliss-reactive ketones (excluding diaryl/α,β-unsaturated/α-hetero) is 1. The zero-order valence-electron chi connectivity index (χ0n) is 9.26. The van der Waals surface area contributed by atoms with Gasteiger partial charge in [0.2, 0.25) is 0 Å². The predicted octanol–water partition coefficient (Wildman–Crippen LogP) is 2.53. The van der Waals surface area contributed by atoms with E-state index in [1.165, 1.54) is 24.0 Å². The van der Waals surface area contributed by atoms with Gasteiger partial charge in [-0.3, -0.25) is 9.48 Å². The van der Waals surface area contributed by atoms with Crippen molar-refractivity contribution in [3.63, 3.8) is 0 Å². The number of benzene rings is 1. The van der Waals surface area contributed by atoms with Crippen molar-refractivity contribution < 1.29 is 9.18 Å². The van der Waals surface area contributed by atoms with Crippen molar-refractivity contribution in [3.05, 3.63) is 48.0 Å². The van der Waals surface area contributed by atoms with Gasteiger partial charge in [-0.1, -0.05) is 12.1 Å². The van der Waals surface area contributed by atoms with Gasteiger partial charge in [-0.05, 0) is 12.1 Å². The minimum atomic E-state index is -0.295. The average Bonchev–Trinajstić information content (AvgIpc) is 2.74. The van der Waals surface area contributed by atoms with Crippen LogP contribution < -0.4 is 0 Å².